The molecular formula is C13H17ClN2O4. The lowest BCUT2D eigenvalue weighted by molar-refractivity contribution is -0.139. The Balaban J connectivity index is 2.74. The standard InChI is InChI=1S/C13H17ClN2O4/c1-13(2,3)20-12(19)16-10(11(17)18)6-8-7-15-5-4-9(8)14/h4-5,7,10H,6H2,1-3H3,(H,16,19)(H,17,18)/t10-/m0/s1. The Kier molecular flexibility index (Phi) is 5.33. The number of hydrogen-bond acceptors (Lipinski definition) is 4. The number of ether oxygens (including phenoxy) is 1. The predicted molar refractivity (Wildman–Crippen MR) is 73.7 cm³/mol. The summed E-state index contributed by atoms with van der Waals surface area (Å²) in [7, 11) is 0. The van der Waals surface area contributed by atoms with E-state index >= 15 is 0 Å². The van der Waals surface area contributed by atoms with Crippen molar-refractivity contribution >= 4 is 23.7 Å². The molecule has 0 unspecified atom stereocenters. The molecule has 0 aromatic carbocycles. The lowest BCUT2D eigenvalue weighted by Crippen LogP contribution is -2.44. The summed E-state index contributed by atoms with van der Waals surface area (Å²) in [6.45, 7) is 5.08. The van der Waals surface area contributed by atoms with Crippen LogP contribution in [0.4, 0.5) is 4.79 Å². The van der Waals surface area contributed by atoms with Crippen LogP contribution in [0, 0.1) is 0 Å². The van der Waals surface area contributed by atoms with E-state index < -0.39 is 23.7 Å². The van der Waals surface area contributed by atoms with Crippen LogP contribution in [0.2, 0.25) is 5.02 Å². The van der Waals surface area contributed by atoms with Gasteiger partial charge in [-0.15, -0.1) is 0 Å². The zero-order valence-electron chi connectivity index (χ0n) is 11.5. The van der Waals surface area contributed by atoms with Crippen LogP contribution in [-0.4, -0.2) is 33.8 Å². The van der Waals surface area contributed by atoms with E-state index in [-0.39, 0.29) is 6.42 Å². The highest BCUT2D eigenvalue weighted by atomic mass is 35.5. The van der Waals surface area contributed by atoms with Gasteiger partial charge in [-0.25, -0.2) is 9.59 Å². The molecule has 0 fully saturated rings. The molecule has 0 bridgehead atoms. The van der Waals surface area contributed by atoms with Gasteiger partial charge in [-0.1, -0.05) is 11.6 Å². The number of rotatable bonds is 4. The van der Waals surface area contributed by atoms with E-state index in [0.717, 1.165) is 0 Å². The van der Waals surface area contributed by atoms with Gasteiger partial charge >= 0.3 is 12.1 Å². The van der Waals surface area contributed by atoms with Crippen LogP contribution in [0.3, 0.4) is 0 Å². The summed E-state index contributed by atoms with van der Waals surface area (Å²) in [4.78, 5) is 26.7. The van der Waals surface area contributed by atoms with Crippen molar-refractivity contribution in [2.75, 3.05) is 0 Å². The Labute approximate surface area is 122 Å². The quantitative estimate of drug-likeness (QED) is 0.890. The number of aromatic nitrogens is 1. The molecule has 0 radical (unpaired) electrons. The average Bonchev–Trinajstić information content (AvgIpc) is 2.28. The SMILES string of the molecule is CC(C)(C)OC(=O)N[C@@H](Cc1cnccc1Cl)C(=O)O. The highest BCUT2D eigenvalue weighted by Crippen LogP contribution is 2.16. The Hall–Kier alpha value is -1.82. The number of amides is 1. The third-order valence-corrected chi connectivity index (χ3v) is 2.63. The summed E-state index contributed by atoms with van der Waals surface area (Å²) in [5, 5.41) is 11.8. The van der Waals surface area contributed by atoms with Gasteiger partial charge < -0.3 is 15.2 Å². The van der Waals surface area contributed by atoms with E-state index in [2.05, 4.69) is 10.3 Å². The number of carboxylic acids is 1. The van der Waals surface area contributed by atoms with Gasteiger partial charge in [-0.3, -0.25) is 4.98 Å². The summed E-state index contributed by atoms with van der Waals surface area (Å²) < 4.78 is 5.02. The van der Waals surface area contributed by atoms with Crippen molar-refractivity contribution in [1.82, 2.24) is 10.3 Å². The maximum atomic E-state index is 11.6. The smallest absolute Gasteiger partial charge is 0.408 e. The minimum Gasteiger partial charge on any atom is -0.480 e. The van der Waals surface area contributed by atoms with Crippen molar-refractivity contribution in [1.29, 1.82) is 0 Å². The minimum absolute atomic E-state index is 0.0290. The fourth-order valence-electron chi connectivity index (χ4n) is 1.43. The predicted octanol–water partition coefficient (Wildman–Crippen LogP) is 2.26. The first-order chi connectivity index (χ1) is 9.19. The molecule has 1 heterocycles. The van der Waals surface area contributed by atoms with E-state index in [1.54, 1.807) is 26.8 Å². The molecule has 7 heteroatoms. The van der Waals surface area contributed by atoms with Crippen LogP contribution in [0.1, 0.15) is 26.3 Å². The average molecular weight is 301 g/mol. The fourth-order valence-corrected chi connectivity index (χ4v) is 1.61. The molecule has 1 rings (SSSR count). The van der Waals surface area contributed by atoms with Gasteiger partial charge in [-0.2, -0.15) is 0 Å². The summed E-state index contributed by atoms with van der Waals surface area (Å²) >= 11 is 5.94. The Morgan fingerprint density at radius 1 is 1.50 bits per heavy atom. The number of halogens is 1. The van der Waals surface area contributed by atoms with Gasteiger partial charge in [0.1, 0.15) is 11.6 Å². The second-order valence-corrected chi connectivity index (χ2v) is 5.62. The first kappa shape index (κ1) is 16.2. The zero-order chi connectivity index (χ0) is 15.3. The van der Waals surface area contributed by atoms with Gasteiger partial charge in [0, 0.05) is 23.8 Å². The number of alkyl carbamates (subject to hydrolysis) is 1. The molecule has 20 heavy (non-hydrogen) atoms. The third kappa shape index (κ3) is 5.44. The molecule has 6 nitrogen and oxygen atoms in total. The normalized spacial score (nSPS) is 12.6. The Morgan fingerprint density at radius 2 is 2.15 bits per heavy atom. The number of carbonyl (C=O) groups is 2. The lowest BCUT2D eigenvalue weighted by atomic mass is 10.1. The highest BCUT2D eigenvalue weighted by molar-refractivity contribution is 6.31. The first-order valence-electron chi connectivity index (χ1n) is 6.00. The molecule has 1 amide bonds. The van der Waals surface area contributed by atoms with Crippen LogP contribution in [0.15, 0.2) is 18.5 Å². The van der Waals surface area contributed by atoms with Crippen molar-refractivity contribution in [2.24, 2.45) is 0 Å². The van der Waals surface area contributed by atoms with Crippen molar-refractivity contribution in [3.05, 3.63) is 29.0 Å². The van der Waals surface area contributed by atoms with Crippen LogP contribution in [0.5, 0.6) is 0 Å². The summed E-state index contributed by atoms with van der Waals surface area (Å²) in [5.41, 5.74) is -0.156. The van der Waals surface area contributed by atoms with Crippen molar-refractivity contribution < 1.29 is 19.4 Å². The molecule has 0 saturated carbocycles. The number of aliphatic carboxylic acids is 1. The van der Waals surface area contributed by atoms with Crippen LogP contribution < -0.4 is 5.32 Å². The first-order valence-corrected chi connectivity index (χ1v) is 6.37. The summed E-state index contributed by atoms with van der Waals surface area (Å²) in [6.07, 6.45) is 2.21. The molecule has 1 aromatic heterocycles. The van der Waals surface area contributed by atoms with Gasteiger partial charge in [0.25, 0.3) is 0 Å². The Bertz CT molecular complexity index is 499. The molecular weight excluding hydrogens is 284 g/mol. The molecule has 0 aliphatic rings. The number of hydrogen-bond donors (Lipinski definition) is 2. The van der Waals surface area contributed by atoms with E-state index in [1.165, 1.54) is 12.4 Å². The molecule has 0 spiro atoms. The van der Waals surface area contributed by atoms with Crippen molar-refractivity contribution in [3.8, 4) is 0 Å². The van der Waals surface area contributed by atoms with Crippen LogP contribution in [0.25, 0.3) is 0 Å². The molecule has 2 N–H and O–H groups in total. The molecule has 0 saturated heterocycles. The van der Waals surface area contributed by atoms with E-state index in [1.807, 2.05) is 0 Å². The number of nitrogens with one attached hydrogen (secondary N) is 1. The van der Waals surface area contributed by atoms with Crippen molar-refractivity contribution in [2.45, 2.75) is 38.8 Å². The van der Waals surface area contributed by atoms with E-state index in [0.29, 0.717) is 10.6 Å². The maximum Gasteiger partial charge on any atom is 0.408 e. The number of pyridine rings is 1. The molecule has 1 aromatic rings. The number of nitrogens with zero attached hydrogens (tertiary/aromatic N) is 1. The second kappa shape index (κ2) is 6.56. The zero-order valence-corrected chi connectivity index (χ0v) is 12.3. The molecule has 110 valence electrons. The van der Waals surface area contributed by atoms with Crippen molar-refractivity contribution in [3.63, 3.8) is 0 Å². The fraction of sp³-hybridized carbons (Fsp3) is 0.462. The van der Waals surface area contributed by atoms with Gasteiger partial charge in [0.15, 0.2) is 0 Å². The van der Waals surface area contributed by atoms with Crippen LogP contribution >= 0.6 is 11.6 Å². The third-order valence-electron chi connectivity index (χ3n) is 2.26. The summed E-state index contributed by atoms with van der Waals surface area (Å²) in [6, 6.07) is 0.426. The van der Waals surface area contributed by atoms with Crippen LogP contribution in [-0.2, 0) is 16.0 Å². The van der Waals surface area contributed by atoms with Gasteiger partial charge in [0.05, 0.1) is 0 Å². The largest absolute Gasteiger partial charge is 0.480 e. The van der Waals surface area contributed by atoms with E-state index in [4.69, 9.17) is 21.4 Å². The number of carboxylic acid groups (broad SMARTS) is 1. The number of carbonyl (C=O) groups excluding carboxylic acids is 1. The molecule has 1 atom stereocenters. The van der Waals surface area contributed by atoms with Gasteiger partial charge in [-0.05, 0) is 32.4 Å². The maximum absolute atomic E-state index is 11.6. The highest BCUT2D eigenvalue weighted by Gasteiger charge is 2.24. The monoisotopic (exact) mass is 300 g/mol. The lowest BCUT2D eigenvalue weighted by Gasteiger charge is -2.22. The molecule has 0 aliphatic heterocycles. The minimum atomic E-state index is -1.17. The topological polar surface area (TPSA) is 88.5 Å². The van der Waals surface area contributed by atoms with Gasteiger partial charge in [0.2, 0.25) is 0 Å². The summed E-state index contributed by atoms with van der Waals surface area (Å²) in [5.74, 6) is -1.17. The van der Waals surface area contributed by atoms with E-state index in [9.17, 15) is 9.59 Å². The second-order valence-electron chi connectivity index (χ2n) is 5.21. The Morgan fingerprint density at radius 3 is 2.65 bits per heavy atom. The molecule has 0 aliphatic carbocycles.